The minimum atomic E-state index is -0.117. The van der Waals surface area contributed by atoms with Gasteiger partial charge in [-0.2, -0.15) is 0 Å². The zero-order valence-corrected chi connectivity index (χ0v) is 10.7. The molecule has 1 unspecified atom stereocenters. The summed E-state index contributed by atoms with van der Waals surface area (Å²) in [4.78, 5) is 3.94. The highest BCUT2D eigenvalue weighted by atomic mass is 35.5. The summed E-state index contributed by atoms with van der Waals surface area (Å²) in [5.41, 5.74) is 0.922. The number of nitrogens with zero attached hydrogens (tertiary/aromatic N) is 1. The van der Waals surface area contributed by atoms with Crippen LogP contribution in [0.4, 0.5) is 0 Å². The van der Waals surface area contributed by atoms with Crippen LogP contribution in [0.1, 0.15) is 26.3 Å². The van der Waals surface area contributed by atoms with E-state index in [1.165, 1.54) is 0 Å². The van der Waals surface area contributed by atoms with Gasteiger partial charge in [-0.15, -0.1) is 11.6 Å². The maximum atomic E-state index is 6.07. The normalized spacial score (nSPS) is 13.9. The fraction of sp³-hybridized carbons (Fsp3) is 0.545. The molecular formula is C11H16Cl2N2. The predicted molar refractivity (Wildman–Crippen MR) is 65.5 cm³/mol. The van der Waals surface area contributed by atoms with Crippen molar-refractivity contribution in [3.63, 3.8) is 0 Å². The zero-order chi connectivity index (χ0) is 11.5. The van der Waals surface area contributed by atoms with Crippen LogP contribution in [0.25, 0.3) is 0 Å². The van der Waals surface area contributed by atoms with Crippen LogP contribution >= 0.6 is 23.2 Å². The van der Waals surface area contributed by atoms with E-state index in [-0.39, 0.29) is 10.9 Å². The van der Waals surface area contributed by atoms with Crippen molar-refractivity contribution >= 4 is 23.2 Å². The van der Waals surface area contributed by atoms with Crippen LogP contribution in [-0.2, 0) is 6.54 Å². The molecule has 1 N–H and O–H groups in total. The van der Waals surface area contributed by atoms with Crippen molar-refractivity contribution in [2.45, 2.75) is 38.2 Å². The van der Waals surface area contributed by atoms with Gasteiger partial charge in [0.25, 0.3) is 0 Å². The smallest absolute Gasteiger partial charge is 0.0634 e. The molecule has 4 heteroatoms. The lowest BCUT2D eigenvalue weighted by Gasteiger charge is -2.29. The molecule has 0 aliphatic heterocycles. The van der Waals surface area contributed by atoms with Gasteiger partial charge in [0, 0.05) is 29.9 Å². The second kappa shape index (κ2) is 5.15. The van der Waals surface area contributed by atoms with Crippen LogP contribution in [0.5, 0.6) is 0 Å². The molecule has 0 aliphatic rings. The molecule has 0 saturated heterocycles. The van der Waals surface area contributed by atoms with Crippen molar-refractivity contribution in [2.75, 3.05) is 0 Å². The van der Waals surface area contributed by atoms with Crippen LogP contribution < -0.4 is 5.32 Å². The van der Waals surface area contributed by atoms with Crippen molar-refractivity contribution in [2.24, 2.45) is 0 Å². The third kappa shape index (κ3) is 3.63. The zero-order valence-electron chi connectivity index (χ0n) is 9.22. The van der Waals surface area contributed by atoms with Crippen molar-refractivity contribution < 1.29 is 0 Å². The molecule has 2 nitrogen and oxygen atoms in total. The summed E-state index contributed by atoms with van der Waals surface area (Å²) >= 11 is 12.1. The molecule has 0 bridgehead atoms. The predicted octanol–water partition coefficient (Wildman–Crippen LogP) is 3.23. The molecule has 0 fully saturated rings. The van der Waals surface area contributed by atoms with Gasteiger partial charge in [-0.05, 0) is 32.4 Å². The molecule has 0 saturated carbocycles. The molecule has 0 aromatic carbocycles. The first-order chi connectivity index (χ1) is 6.93. The van der Waals surface area contributed by atoms with Crippen molar-refractivity contribution in [1.29, 1.82) is 0 Å². The molecule has 1 rings (SSSR count). The molecule has 1 aromatic heterocycles. The Morgan fingerprint density at radius 1 is 1.53 bits per heavy atom. The molecule has 1 aromatic rings. The quantitative estimate of drug-likeness (QED) is 0.826. The minimum Gasteiger partial charge on any atom is -0.306 e. The lowest BCUT2D eigenvalue weighted by molar-refractivity contribution is 0.380. The third-order valence-electron chi connectivity index (χ3n) is 2.59. The summed E-state index contributed by atoms with van der Waals surface area (Å²) in [6.45, 7) is 6.81. The molecule has 84 valence electrons. The Morgan fingerprint density at radius 2 is 2.20 bits per heavy atom. The highest BCUT2D eigenvalue weighted by Gasteiger charge is 2.23. The first kappa shape index (κ1) is 12.8. The number of hydrogen-bond donors (Lipinski definition) is 1. The van der Waals surface area contributed by atoms with Gasteiger partial charge in [0.05, 0.1) is 5.02 Å². The SMILES string of the molecule is CC(Cl)C(C)(C)NCc1ccncc1Cl. The van der Waals surface area contributed by atoms with Crippen molar-refractivity contribution in [3.8, 4) is 0 Å². The van der Waals surface area contributed by atoms with Gasteiger partial charge in [-0.3, -0.25) is 4.98 Å². The van der Waals surface area contributed by atoms with E-state index in [9.17, 15) is 0 Å². The Labute approximate surface area is 101 Å². The summed E-state index contributed by atoms with van der Waals surface area (Å²) in [6.07, 6.45) is 3.38. The first-order valence-electron chi connectivity index (χ1n) is 4.91. The summed E-state index contributed by atoms with van der Waals surface area (Å²) in [5.74, 6) is 0. The molecule has 1 atom stereocenters. The Kier molecular flexibility index (Phi) is 4.38. The van der Waals surface area contributed by atoms with Crippen molar-refractivity contribution in [1.82, 2.24) is 10.3 Å². The molecule has 0 aliphatic carbocycles. The molecule has 15 heavy (non-hydrogen) atoms. The fourth-order valence-corrected chi connectivity index (χ4v) is 1.27. The lowest BCUT2D eigenvalue weighted by Crippen LogP contribution is -2.45. The molecular weight excluding hydrogens is 231 g/mol. The van der Waals surface area contributed by atoms with E-state index in [0.717, 1.165) is 5.56 Å². The van der Waals surface area contributed by atoms with Gasteiger partial charge in [-0.1, -0.05) is 11.6 Å². The second-order valence-corrected chi connectivity index (χ2v) is 5.22. The summed E-state index contributed by atoms with van der Waals surface area (Å²) < 4.78 is 0. The topological polar surface area (TPSA) is 24.9 Å². The second-order valence-electron chi connectivity index (χ2n) is 4.16. The van der Waals surface area contributed by atoms with E-state index in [1.54, 1.807) is 12.4 Å². The van der Waals surface area contributed by atoms with E-state index in [0.29, 0.717) is 11.6 Å². The van der Waals surface area contributed by atoms with Crippen molar-refractivity contribution in [3.05, 3.63) is 29.0 Å². The van der Waals surface area contributed by atoms with Crippen LogP contribution in [0, 0.1) is 0 Å². The van der Waals surface area contributed by atoms with Crippen LogP contribution in [0.3, 0.4) is 0 Å². The molecule has 0 radical (unpaired) electrons. The minimum absolute atomic E-state index is 0.0538. The van der Waals surface area contributed by atoms with E-state index >= 15 is 0 Å². The summed E-state index contributed by atoms with van der Waals surface area (Å²) in [5, 5.41) is 4.11. The van der Waals surface area contributed by atoms with Gasteiger partial charge < -0.3 is 5.32 Å². The summed E-state index contributed by atoms with van der Waals surface area (Å²) in [6, 6.07) is 1.91. The monoisotopic (exact) mass is 246 g/mol. The van der Waals surface area contributed by atoms with E-state index in [2.05, 4.69) is 24.1 Å². The van der Waals surface area contributed by atoms with E-state index in [1.807, 2.05) is 13.0 Å². The van der Waals surface area contributed by atoms with Gasteiger partial charge in [0.2, 0.25) is 0 Å². The maximum Gasteiger partial charge on any atom is 0.0634 e. The molecule has 0 spiro atoms. The number of rotatable bonds is 4. The molecule has 1 heterocycles. The Hall–Kier alpha value is -0.310. The number of alkyl halides is 1. The fourth-order valence-electron chi connectivity index (χ4n) is 1.01. The van der Waals surface area contributed by atoms with Gasteiger partial charge >= 0.3 is 0 Å². The number of nitrogens with one attached hydrogen (secondary N) is 1. The summed E-state index contributed by atoms with van der Waals surface area (Å²) in [7, 11) is 0. The third-order valence-corrected chi connectivity index (χ3v) is 3.47. The number of hydrogen-bond acceptors (Lipinski definition) is 2. The number of pyridine rings is 1. The average Bonchev–Trinajstić information content (AvgIpc) is 2.16. The van der Waals surface area contributed by atoms with E-state index in [4.69, 9.17) is 23.2 Å². The molecule has 0 amide bonds. The van der Waals surface area contributed by atoms with E-state index < -0.39 is 0 Å². The first-order valence-corrected chi connectivity index (χ1v) is 5.72. The lowest BCUT2D eigenvalue weighted by atomic mass is 10.0. The van der Waals surface area contributed by atoms with Gasteiger partial charge in [0.1, 0.15) is 0 Å². The largest absolute Gasteiger partial charge is 0.306 e. The Bertz CT molecular complexity index is 324. The van der Waals surface area contributed by atoms with Crippen LogP contribution in [-0.4, -0.2) is 15.9 Å². The average molecular weight is 247 g/mol. The highest BCUT2D eigenvalue weighted by molar-refractivity contribution is 6.31. The van der Waals surface area contributed by atoms with Crippen LogP contribution in [0.15, 0.2) is 18.5 Å². The Balaban J connectivity index is 2.62. The standard InChI is InChI=1S/C11H16Cl2N2/c1-8(12)11(2,3)15-6-9-4-5-14-7-10(9)13/h4-5,7-8,15H,6H2,1-3H3. The maximum absolute atomic E-state index is 6.07. The number of aromatic nitrogens is 1. The van der Waals surface area contributed by atoms with Gasteiger partial charge in [0.15, 0.2) is 0 Å². The highest BCUT2D eigenvalue weighted by Crippen LogP contribution is 2.18. The Morgan fingerprint density at radius 3 is 2.73 bits per heavy atom. The van der Waals surface area contributed by atoms with Gasteiger partial charge in [-0.25, -0.2) is 0 Å². The number of halogens is 2. The van der Waals surface area contributed by atoms with Crippen LogP contribution in [0.2, 0.25) is 5.02 Å².